The number of carbonyl (C=O) groups is 1. The molecule has 3 aromatic carbocycles. The third-order valence-electron chi connectivity index (χ3n) is 7.16. The molecule has 0 saturated carbocycles. The van der Waals surface area contributed by atoms with Gasteiger partial charge >= 0.3 is 0 Å². The van der Waals surface area contributed by atoms with E-state index in [9.17, 15) is 4.79 Å². The van der Waals surface area contributed by atoms with E-state index in [-0.39, 0.29) is 11.4 Å². The van der Waals surface area contributed by atoms with Gasteiger partial charge in [-0.2, -0.15) is 0 Å². The molecule has 190 valence electrons. The van der Waals surface area contributed by atoms with E-state index in [0.717, 1.165) is 49.3 Å². The predicted molar refractivity (Wildman–Crippen MR) is 151 cm³/mol. The Morgan fingerprint density at radius 1 is 0.917 bits per heavy atom. The summed E-state index contributed by atoms with van der Waals surface area (Å²) in [4.78, 5) is 17.8. The number of likely N-dealkylation sites (tertiary alicyclic amines) is 1. The monoisotopic (exact) mass is 483 g/mol. The molecule has 4 rings (SSSR count). The van der Waals surface area contributed by atoms with Gasteiger partial charge in [0, 0.05) is 43.3 Å². The summed E-state index contributed by atoms with van der Waals surface area (Å²) in [6.07, 6.45) is 2.29. The molecule has 1 heterocycles. The maximum atomic E-state index is 13.2. The van der Waals surface area contributed by atoms with E-state index in [4.69, 9.17) is 0 Å². The van der Waals surface area contributed by atoms with Gasteiger partial charge in [0.1, 0.15) is 0 Å². The number of piperidine rings is 1. The van der Waals surface area contributed by atoms with Crippen LogP contribution in [0, 0.1) is 5.92 Å². The Balaban J connectivity index is 1.50. The lowest BCUT2D eigenvalue weighted by molar-refractivity contribution is 0.0916. The van der Waals surface area contributed by atoms with E-state index in [1.807, 2.05) is 40.9 Å². The number of nitrogens with one attached hydrogen (secondary N) is 1. The zero-order chi connectivity index (χ0) is 25.7. The fourth-order valence-electron chi connectivity index (χ4n) is 5.34. The fraction of sp³-hybridized carbons (Fsp3) is 0.406. The van der Waals surface area contributed by atoms with Crippen molar-refractivity contribution in [3.05, 3.63) is 101 Å². The van der Waals surface area contributed by atoms with Crippen molar-refractivity contribution in [3.63, 3.8) is 0 Å². The number of hydrogen-bond acceptors (Lipinski definition) is 3. The minimum Gasteiger partial charge on any atom is -0.378 e. The van der Waals surface area contributed by atoms with Gasteiger partial charge in [0.15, 0.2) is 0 Å². The molecule has 0 aromatic heterocycles. The van der Waals surface area contributed by atoms with E-state index in [1.165, 1.54) is 11.1 Å². The minimum atomic E-state index is -0.273. The summed E-state index contributed by atoms with van der Waals surface area (Å²) in [5, 5.41) is 3.16. The molecule has 1 saturated heterocycles. The van der Waals surface area contributed by atoms with E-state index < -0.39 is 0 Å². The number of benzene rings is 3. The molecule has 4 nitrogen and oxygen atoms in total. The van der Waals surface area contributed by atoms with Crippen molar-refractivity contribution in [2.24, 2.45) is 5.92 Å². The quantitative estimate of drug-likeness (QED) is 0.427. The Morgan fingerprint density at radius 2 is 1.47 bits per heavy atom. The second-order valence-electron chi connectivity index (χ2n) is 11.4. The van der Waals surface area contributed by atoms with Crippen LogP contribution in [0.3, 0.4) is 0 Å². The van der Waals surface area contributed by atoms with Crippen molar-refractivity contribution in [2.45, 2.75) is 51.6 Å². The van der Waals surface area contributed by atoms with Crippen LogP contribution in [-0.2, 0) is 6.54 Å². The largest absolute Gasteiger partial charge is 0.378 e. The number of hydrogen-bond donors (Lipinski definition) is 1. The van der Waals surface area contributed by atoms with Gasteiger partial charge in [0.2, 0.25) is 0 Å². The van der Waals surface area contributed by atoms with Crippen molar-refractivity contribution in [1.82, 2.24) is 10.2 Å². The molecule has 1 aliphatic heterocycles. The van der Waals surface area contributed by atoms with E-state index in [1.54, 1.807) is 0 Å². The lowest BCUT2D eigenvalue weighted by atomic mass is 9.76. The van der Waals surface area contributed by atoms with Crippen LogP contribution >= 0.6 is 0 Å². The Hall–Kier alpha value is -3.11. The molecule has 0 unspecified atom stereocenters. The molecule has 0 aliphatic carbocycles. The van der Waals surface area contributed by atoms with Crippen LogP contribution in [0.1, 0.15) is 66.6 Å². The Morgan fingerprint density at radius 3 is 1.97 bits per heavy atom. The van der Waals surface area contributed by atoms with Crippen molar-refractivity contribution < 1.29 is 4.79 Å². The zero-order valence-electron chi connectivity index (χ0n) is 22.5. The Labute approximate surface area is 217 Å². The first-order chi connectivity index (χ1) is 17.2. The molecule has 1 aliphatic rings. The van der Waals surface area contributed by atoms with Crippen LogP contribution in [-0.4, -0.2) is 43.5 Å². The third kappa shape index (κ3) is 6.55. The highest BCUT2D eigenvalue weighted by molar-refractivity contribution is 5.97. The summed E-state index contributed by atoms with van der Waals surface area (Å²) in [5.41, 5.74) is 5.47. The number of anilines is 1. The smallest absolute Gasteiger partial charge is 0.252 e. The van der Waals surface area contributed by atoms with Crippen molar-refractivity contribution >= 4 is 11.6 Å². The molecule has 0 bridgehead atoms. The van der Waals surface area contributed by atoms with Gasteiger partial charge in [-0.15, -0.1) is 0 Å². The van der Waals surface area contributed by atoms with Gasteiger partial charge in [-0.3, -0.25) is 9.69 Å². The van der Waals surface area contributed by atoms with E-state index in [2.05, 4.69) is 87.9 Å². The molecule has 0 spiro atoms. The third-order valence-corrected chi connectivity index (χ3v) is 7.16. The maximum Gasteiger partial charge on any atom is 0.252 e. The lowest BCUT2D eigenvalue weighted by Gasteiger charge is -2.37. The molecule has 0 radical (unpaired) electrons. The van der Waals surface area contributed by atoms with E-state index in [0.29, 0.717) is 11.8 Å². The topological polar surface area (TPSA) is 35.6 Å². The van der Waals surface area contributed by atoms with Gasteiger partial charge < -0.3 is 10.2 Å². The predicted octanol–water partition coefficient (Wildman–Crippen LogP) is 6.33. The van der Waals surface area contributed by atoms with Crippen LogP contribution in [0.2, 0.25) is 0 Å². The Bertz CT molecular complexity index is 1090. The molecule has 1 fully saturated rings. The van der Waals surface area contributed by atoms with Crippen LogP contribution in [0.5, 0.6) is 0 Å². The molecular formula is C32H41N3O. The van der Waals surface area contributed by atoms with Crippen LogP contribution < -0.4 is 10.2 Å². The van der Waals surface area contributed by atoms with Crippen molar-refractivity contribution in [2.75, 3.05) is 32.1 Å². The average Bonchev–Trinajstić information content (AvgIpc) is 2.85. The van der Waals surface area contributed by atoms with Gasteiger partial charge in [0.05, 0.1) is 0 Å². The average molecular weight is 484 g/mol. The van der Waals surface area contributed by atoms with Crippen LogP contribution in [0.4, 0.5) is 5.69 Å². The summed E-state index contributed by atoms with van der Waals surface area (Å²) in [5.74, 6) is 1.03. The lowest BCUT2D eigenvalue weighted by Crippen LogP contribution is -2.41. The number of rotatable bonds is 7. The fourth-order valence-corrected chi connectivity index (χ4v) is 5.34. The summed E-state index contributed by atoms with van der Waals surface area (Å²) in [6, 6.07) is 28.2. The van der Waals surface area contributed by atoms with Gasteiger partial charge in [-0.1, -0.05) is 66.7 Å². The van der Waals surface area contributed by atoms with Gasteiger partial charge in [-0.05, 0) is 81.4 Å². The first-order valence-corrected chi connectivity index (χ1v) is 13.2. The molecule has 1 N–H and O–H groups in total. The molecule has 36 heavy (non-hydrogen) atoms. The highest BCUT2D eigenvalue weighted by Gasteiger charge is 2.29. The normalized spacial score (nSPS) is 15.2. The molecule has 1 amide bonds. The maximum absolute atomic E-state index is 13.2. The zero-order valence-corrected chi connectivity index (χ0v) is 22.5. The van der Waals surface area contributed by atoms with Gasteiger partial charge in [0.25, 0.3) is 5.91 Å². The number of nitrogens with zero attached hydrogens (tertiary/aromatic N) is 2. The standard InChI is InChI=1S/C32H41N3O/c1-32(2,3)33-31(36)29-22-28(34(4)5)17-16-27(29)23-35-20-18-26(19-21-35)30(24-12-8-6-9-13-24)25-14-10-7-11-15-25/h6-17,22,26,30H,18-21,23H2,1-5H3,(H,33,36). The van der Waals surface area contributed by atoms with E-state index >= 15 is 0 Å². The number of carbonyl (C=O) groups excluding carboxylic acids is 1. The van der Waals surface area contributed by atoms with Crippen LogP contribution in [0.25, 0.3) is 0 Å². The molecule has 0 atom stereocenters. The summed E-state index contributed by atoms with van der Waals surface area (Å²) < 4.78 is 0. The van der Waals surface area contributed by atoms with Crippen molar-refractivity contribution in [3.8, 4) is 0 Å². The highest BCUT2D eigenvalue weighted by atomic mass is 16.1. The first-order valence-electron chi connectivity index (χ1n) is 13.2. The molecule has 3 aromatic rings. The summed E-state index contributed by atoms with van der Waals surface area (Å²) in [7, 11) is 4.03. The minimum absolute atomic E-state index is 0.00399. The molecule has 4 heteroatoms. The number of amides is 1. The summed E-state index contributed by atoms with van der Waals surface area (Å²) >= 11 is 0. The highest BCUT2D eigenvalue weighted by Crippen LogP contribution is 2.38. The first kappa shape index (κ1) is 26.0. The summed E-state index contributed by atoms with van der Waals surface area (Å²) in [6.45, 7) is 8.96. The SMILES string of the molecule is CN(C)c1ccc(CN2CCC(C(c3ccccc3)c3ccccc3)CC2)c(C(=O)NC(C)(C)C)c1. The van der Waals surface area contributed by atoms with Gasteiger partial charge in [-0.25, -0.2) is 0 Å². The van der Waals surface area contributed by atoms with Crippen LogP contribution in [0.15, 0.2) is 78.9 Å². The second-order valence-corrected chi connectivity index (χ2v) is 11.4. The molecular weight excluding hydrogens is 442 g/mol. The van der Waals surface area contributed by atoms with Crippen molar-refractivity contribution in [1.29, 1.82) is 0 Å². The second kappa shape index (κ2) is 11.3. The Kier molecular flexibility index (Phi) is 8.15.